The van der Waals surface area contributed by atoms with Gasteiger partial charge in [0.05, 0.1) is 17.9 Å². The molecule has 1 aliphatic heterocycles. The molecule has 1 saturated heterocycles. The summed E-state index contributed by atoms with van der Waals surface area (Å²) in [6.45, 7) is 2.27. The van der Waals surface area contributed by atoms with Crippen LogP contribution in [-0.4, -0.2) is 45.8 Å². The Morgan fingerprint density at radius 1 is 1.43 bits per heavy atom. The van der Waals surface area contributed by atoms with Gasteiger partial charge in [0.15, 0.2) is 0 Å². The zero-order valence-electron chi connectivity index (χ0n) is 12.2. The molecule has 1 aromatic heterocycles. The summed E-state index contributed by atoms with van der Waals surface area (Å²) in [5, 5.41) is 1.12. The SMILES string of the molecule is COc1ccc2c(CN3CC(S(C)(=N)=O)C3)ccnc2c1. The molecule has 6 heteroatoms. The summed E-state index contributed by atoms with van der Waals surface area (Å²) in [5.41, 5.74) is 2.12. The van der Waals surface area contributed by atoms with Crippen LogP contribution >= 0.6 is 0 Å². The number of benzene rings is 1. The van der Waals surface area contributed by atoms with Crippen LogP contribution in [0.3, 0.4) is 0 Å². The number of ether oxygens (including phenoxy) is 1. The van der Waals surface area contributed by atoms with Crippen molar-refractivity contribution in [2.75, 3.05) is 26.5 Å². The van der Waals surface area contributed by atoms with Crippen molar-refractivity contribution in [3.63, 3.8) is 0 Å². The van der Waals surface area contributed by atoms with Crippen molar-refractivity contribution in [1.82, 2.24) is 9.88 Å². The monoisotopic (exact) mass is 305 g/mol. The molecule has 1 aliphatic rings. The highest BCUT2D eigenvalue weighted by Crippen LogP contribution is 2.25. The Bertz CT molecular complexity index is 768. The van der Waals surface area contributed by atoms with Gasteiger partial charge < -0.3 is 4.74 Å². The van der Waals surface area contributed by atoms with Crippen molar-refractivity contribution in [1.29, 1.82) is 4.78 Å². The first kappa shape index (κ1) is 14.3. The summed E-state index contributed by atoms with van der Waals surface area (Å²) >= 11 is 0. The molecule has 0 amide bonds. The fraction of sp³-hybridized carbons (Fsp3) is 0.400. The van der Waals surface area contributed by atoms with Gasteiger partial charge in [0.2, 0.25) is 0 Å². The molecular weight excluding hydrogens is 286 g/mol. The van der Waals surface area contributed by atoms with E-state index in [-0.39, 0.29) is 5.25 Å². The van der Waals surface area contributed by atoms with Crippen LogP contribution in [-0.2, 0) is 16.3 Å². The van der Waals surface area contributed by atoms with Crippen molar-refractivity contribution in [3.8, 4) is 5.75 Å². The van der Waals surface area contributed by atoms with E-state index in [0.717, 1.165) is 36.3 Å². The molecule has 0 saturated carbocycles. The number of nitrogens with one attached hydrogen (secondary N) is 1. The zero-order valence-corrected chi connectivity index (χ0v) is 13.0. The summed E-state index contributed by atoms with van der Waals surface area (Å²) in [7, 11) is -0.766. The first-order valence-corrected chi connectivity index (χ1v) is 8.87. The zero-order chi connectivity index (χ0) is 15.0. The lowest BCUT2D eigenvalue weighted by Crippen LogP contribution is -2.53. The first-order chi connectivity index (χ1) is 9.97. The summed E-state index contributed by atoms with van der Waals surface area (Å²) in [4.78, 5) is 6.60. The van der Waals surface area contributed by atoms with E-state index in [1.54, 1.807) is 7.11 Å². The second-order valence-corrected chi connectivity index (χ2v) is 8.05. The standard InChI is InChI=1S/C15H19N3O2S/c1-20-12-3-4-14-11(5-6-17-15(14)7-12)8-18-9-13(10-18)21(2,16)19/h3-7,13,16H,8-10H2,1-2H3. The van der Waals surface area contributed by atoms with Gasteiger partial charge in [-0.15, -0.1) is 0 Å². The molecule has 0 aliphatic carbocycles. The maximum atomic E-state index is 11.7. The molecule has 112 valence electrons. The third-order valence-corrected chi connectivity index (χ3v) is 5.56. The fourth-order valence-corrected chi connectivity index (χ4v) is 3.62. The number of pyridine rings is 1. The van der Waals surface area contributed by atoms with Crippen LogP contribution < -0.4 is 4.74 Å². The maximum absolute atomic E-state index is 11.7. The molecule has 1 aromatic carbocycles. The molecule has 0 spiro atoms. The minimum atomic E-state index is -2.41. The molecule has 21 heavy (non-hydrogen) atoms. The smallest absolute Gasteiger partial charge is 0.121 e. The molecule has 2 aromatic rings. The Morgan fingerprint density at radius 2 is 2.19 bits per heavy atom. The van der Waals surface area contributed by atoms with Crippen LogP contribution in [0.15, 0.2) is 30.5 Å². The molecule has 1 N–H and O–H groups in total. The quantitative estimate of drug-likeness (QED) is 0.939. The Kier molecular flexibility index (Phi) is 3.59. The average Bonchev–Trinajstić information content (AvgIpc) is 2.40. The van der Waals surface area contributed by atoms with Crippen LogP contribution in [0.1, 0.15) is 5.56 Å². The van der Waals surface area contributed by atoms with Crippen molar-refractivity contribution >= 4 is 20.6 Å². The Hall–Kier alpha value is -1.66. The van der Waals surface area contributed by atoms with Gasteiger partial charge in [0.1, 0.15) is 5.75 Å². The molecular formula is C15H19N3O2S. The minimum absolute atomic E-state index is 0.00527. The number of hydrogen-bond donors (Lipinski definition) is 1. The fourth-order valence-electron chi connectivity index (χ4n) is 2.63. The third kappa shape index (κ3) is 2.87. The first-order valence-electron chi connectivity index (χ1n) is 6.84. The van der Waals surface area contributed by atoms with Crippen molar-refractivity contribution in [2.24, 2.45) is 0 Å². The Morgan fingerprint density at radius 3 is 2.86 bits per heavy atom. The highest BCUT2D eigenvalue weighted by Gasteiger charge is 2.32. The van der Waals surface area contributed by atoms with Gasteiger partial charge in [-0.25, -0.2) is 4.21 Å². The number of rotatable bonds is 4. The second-order valence-electron chi connectivity index (χ2n) is 5.57. The number of fused-ring (bicyclic) bond motifs is 1. The van der Waals surface area contributed by atoms with Gasteiger partial charge in [0, 0.05) is 53.3 Å². The van der Waals surface area contributed by atoms with Crippen molar-refractivity contribution < 1.29 is 8.95 Å². The van der Waals surface area contributed by atoms with Gasteiger partial charge in [-0.1, -0.05) is 0 Å². The summed E-state index contributed by atoms with van der Waals surface area (Å²) in [6.07, 6.45) is 3.34. The maximum Gasteiger partial charge on any atom is 0.121 e. The molecule has 0 bridgehead atoms. The molecule has 1 unspecified atom stereocenters. The van der Waals surface area contributed by atoms with Crippen molar-refractivity contribution in [2.45, 2.75) is 11.8 Å². The van der Waals surface area contributed by atoms with Gasteiger partial charge in [-0.2, -0.15) is 0 Å². The lowest BCUT2D eigenvalue weighted by molar-refractivity contribution is 0.179. The molecule has 0 radical (unpaired) electrons. The van der Waals surface area contributed by atoms with E-state index in [4.69, 9.17) is 9.52 Å². The van der Waals surface area contributed by atoms with Crippen LogP contribution in [0, 0.1) is 4.78 Å². The van der Waals surface area contributed by atoms with Gasteiger partial charge in [-0.3, -0.25) is 14.7 Å². The number of likely N-dealkylation sites (tertiary alicyclic amines) is 1. The molecule has 1 atom stereocenters. The molecule has 2 heterocycles. The van der Waals surface area contributed by atoms with E-state index in [9.17, 15) is 4.21 Å². The number of aromatic nitrogens is 1. The largest absolute Gasteiger partial charge is 0.497 e. The Labute approximate surface area is 124 Å². The second kappa shape index (κ2) is 5.27. The number of hydrogen-bond acceptors (Lipinski definition) is 5. The Balaban J connectivity index is 1.79. The van der Waals surface area contributed by atoms with E-state index in [1.807, 2.05) is 30.5 Å². The highest BCUT2D eigenvalue weighted by atomic mass is 32.2. The predicted molar refractivity (Wildman–Crippen MR) is 84.1 cm³/mol. The van der Waals surface area contributed by atoms with Crippen LogP contribution in [0.4, 0.5) is 0 Å². The van der Waals surface area contributed by atoms with Gasteiger partial charge >= 0.3 is 0 Å². The van der Waals surface area contributed by atoms with E-state index < -0.39 is 9.73 Å². The van der Waals surface area contributed by atoms with E-state index >= 15 is 0 Å². The highest BCUT2D eigenvalue weighted by molar-refractivity contribution is 7.92. The molecule has 3 rings (SSSR count). The van der Waals surface area contributed by atoms with Gasteiger partial charge in [0.25, 0.3) is 0 Å². The molecule has 5 nitrogen and oxygen atoms in total. The average molecular weight is 305 g/mol. The van der Waals surface area contributed by atoms with Crippen LogP contribution in [0.25, 0.3) is 10.9 Å². The van der Waals surface area contributed by atoms with E-state index in [0.29, 0.717) is 0 Å². The topological polar surface area (TPSA) is 66.3 Å². The molecule has 1 fully saturated rings. The van der Waals surface area contributed by atoms with Crippen LogP contribution in [0.2, 0.25) is 0 Å². The summed E-state index contributed by atoms with van der Waals surface area (Å²) in [6, 6.07) is 7.92. The normalized spacial score (nSPS) is 19.1. The third-order valence-electron chi connectivity index (χ3n) is 3.99. The van der Waals surface area contributed by atoms with Crippen LogP contribution in [0.5, 0.6) is 5.75 Å². The van der Waals surface area contributed by atoms with Gasteiger partial charge in [-0.05, 0) is 23.8 Å². The van der Waals surface area contributed by atoms with E-state index in [1.165, 1.54) is 11.8 Å². The number of nitrogens with zero attached hydrogens (tertiary/aromatic N) is 2. The predicted octanol–water partition coefficient (Wildman–Crippen LogP) is 2.10. The lowest BCUT2D eigenvalue weighted by atomic mass is 10.1. The lowest BCUT2D eigenvalue weighted by Gasteiger charge is -2.39. The van der Waals surface area contributed by atoms with E-state index in [2.05, 4.69) is 9.88 Å². The minimum Gasteiger partial charge on any atom is -0.497 e. The van der Waals surface area contributed by atoms with Crippen molar-refractivity contribution in [3.05, 3.63) is 36.0 Å². The number of methoxy groups -OCH3 is 1. The summed E-state index contributed by atoms with van der Waals surface area (Å²) < 4.78 is 24.5. The summed E-state index contributed by atoms with van der Waals surface area (Å²) in [5.74, 6) is 0.802.